The van der Waals surface area contributed by atoms with Crippen molar-refractivity contribution >= 4 is 29.5 Å². The fourth-order valence-electron chi connectivity index (χ4n) is 7.15. The summed E-state index contributed by atoms with van der Waals surface area (Å²) in [7, 11) is 0. The van der Waals surface area contributed by atoms with Gasteiger partial charge in [-0.25, -0.2) is 0 Å². The minimum absolute atomic E-state index is 0.0807. The third-order valence-corrected chi connectivity index (χ3v) is 10.8. The fraction of sp³-hybridized carbons (Fsp3) is 0.759. The van der Waals surface area contributed by atoms with Gasteiger partial charge in [0.1, 0.15) is 12.6 Å². The van der Waals surface area contributed by atoms with E-state index in [1.54, 1.807) is 27.6 Å². The number of likely N-dealkylation sites (tertiary alicyclic amines) is 1. The number of thioether (sulfide) groups is 1. The minimum Gasteiger partial charge on any atom is -0.461 e. The lowest BCUT2D eigenvalue weighted by Gasteiger charge is -2.40. The van der Waals surface area contributed by atoms with Crippen LogP contribution in [-0.2, 0) is 23.9 Å². The van der Waals surface area contributed by atoms with Crippen LogP contribution in [0.5, 0.6) is 0 Å². The van der Waals surface area contributed by atoms with E-state index in [-0.39, 0.29) is 30.9 Å². The summed E-state index contributed by atoms with van der Waals surface area (Å²) < 4.78 is 9.74. The Hall–Kier alpha value is -1.88. The van der Waals surface area contributed by atoms with Crippen LogP contribution in [0, 0.1) is 17.8 Å². The molecule has 9 nitrogen and oxygen atoms in total. The SMILES string of the molecule is C=CCOC(=O)[C@@H]1[C@H]2C(=O)N([C@@H](CO)CC(C)C)C(C(=O)N(CC=C)CCN3CCOCC3)C23CC[C@@]1(C)S3. The summed E-state index contributed by atoms with van der Waals surface area (Å²) in [5.41, 5.74) is 0. The monoisotopic (exact) mass is 563 g/mol. The molecule has 0 aromatic carbocycles. The molecule has 2 unspecified atom stereocenters. The van der Waals surface area contributed by atoms with Gasteiger partial charge >= 0.3 is 5.97 Å². The van der Waals surface area contributed by atoms with Gasteiger partial charge in [0.15, 0.2) is 0 Å². The molecule has 39 heavy (non-hydrogen) atoms. The van der Waals surface area contributed by atoms with Gasteiger partial charge in [-0.05, 0) is 32.1 Å². The molecule has 0 aromatic rings. The molecule has 4 aliphatic rings. The number of hydrogen-bond acceptors (Lipinski definition) is 8. The van der Waals surface area contributed by atoms with Crippen LogP contribution in [0.3, 0.4) is 0 Å². The van der Waals surface area contributed by atoms with E-state index in [2.05, 4.69) is 18.1 Å². The molecule has 4 heterocycles. The normalized spacial score (nSPS) is 32.8. The van der Waals surface area contributed by atoms with Crippen molar-refractivity contribution in [1.29, 1.82) is 0 Å². The molecule has 2 amide bonds. The lowest BCUT2D eigenvalue weighted by Crippen LogP contribution is -2.58. The molecule has 4 fully saturated rings. The van der Waals surface area contributed by atoms with Gasteiger partial charge in [0.05, 0.1) is 42.4 Å². The molecule has 6 atom stereocenters. The average Bonchev–Trinajstić information content (AvgIpc) is 3.49. The molecule has 0 aromatic heterocycles. The molecule has 10 heteroatoms. The van der Waals surface area contributed by atoms with Crippen LogP contribution in [0.1, 0.15) is 40.0 Å². The predicted molar refractivity (Wildman–Crippen MR) is 151 cm³/mol. The maximum absolute atomic E-state index is 14.6. The first-order chi connectivity index (χ1) is 18.6. The summed E-state index contributed by atoms with van der Waals surface area (Å²) in [6.45, 7) is 18.1. The van der Waals surface area contributed by atoms with Crippen molar-refractivity contribution in [1.82, 2.24) is 14.7 Å². The number of rotatable bonds is 13. The number of aliphatic hydroxyl groups is 1. The molecule has 4 rings (SSSR count). The first kappa shape index (κ1) is 30.1. The van der Waals surface area contributed by atoms with Crippen molar-refractivity contribution in [2.24, 2.45) is 17.8 Å². The summed E-state index contributed by atoms with van der Waals surface area (Å²) in [6.07, 6.45) is 5.19. The summed E-state index contributed by atoms with van der Waals surface area (Å²) in [5.74, 6) is -1.85. The zero-order chi connectivity index (χ0) is 28.4. The molecule has 0 aliphatic carbocycles. The van der Waals surface area contributed by atoms with Crippen LogP contribution in [0.4, 0.5) is 0 Å². The Balaban J connectivity index is 1.71. The molecular formula is C29H45N3O6S. The first-order valence-corrected chi connectivity index (χ1v) is 15.1. The van der Waals surface area contributed by atoms with E-state index >= 15 is 0 Å². The van der Waals surface area contributed by atoms with Gasteiger partial charge in [-0.1, -0.05) is 32.6 Å². The number of carbonyl (C=O) groups is 3. The smallest absolute Gasteiger partial charge is 0.311 e. The number of amides is 2. The molecular weight excluding hydrogens is 518 g/mol. The van der Waals surface area contributed by atoms with Crippen LogP contribution in [0.15, 0.2) is 25.3 Å². The zero-order valence-electron chi connectivity index (χ0n) is 23.7. The van der Waals surface area contributed by atoms with Crippen molar-refractivity contribution in [3.05, 3.63) is 25.3 Å². The number of morpholine rings is 1. The quantitative estimate of drug-likeness (QED) is 0.268. The van der Waals surface area contributed by atoms with E-state index in [9.17, 15) is 19.5 Å². The second-order valence-corrected chi connectivity index (χ2v) is 13.8. The van der Waals surface area contributed by atoms with Crippen molar-refractivity contribution in [3.63, 3.8) is 0 Å². The van der Waals surface area contributed by atoms with Gasteiger partial charge in [-0.15, -0.1) is 18.3 Å². The van der Waals surface area contributed by atoms with Crippen molar-refractivity contribution in [2.75, 3.05) is 59.2 Å². The van der Waals surface area contributed by atoms with Gasteiger partial charge < -0.3 is 24.4 Å². The lowest BCUT2D eigenvalue weighted by molar-refractivity contribution is -0.155. The van der Waals surface area contributed by atoms with Crippen LogP contribution in [-0.4, -0.2) is 118 Å². The van der Waals surface area contributed by atoms with Crippen molar-refractivity contribution in [2.45, 2.75) is 61.6 Å². The Bertz CT molecular complexity index is 955. The third kappa shape index (κ3) is 5.54. The zero-order valence-corrected chi connectivity index (χ0v) is 24.5. The van der Waals surface area contributed by atoms with Crippen LogP contribution in [0.25, 0.3) is 0 Å². The molecule has 1 spiro atoms. The average molecular weight is 564 g/mol. The summed E-state index contributed by atoms with van der Waals surface area (Å²) >= 11 is 1.62. The highest BCUT2D eigenvalue weighted by Crippen LogP contribution is 2.71. The Morgan fingerprint density at radius 1 is 1.26 bits per heavy atom. The fourth-order valence-corrected chi connectivity index (χ4v) is 9.48. The van der Waals surface area contributed by atoms with E-state index in [4.69, 9.17) is 9.47 Å². The van der Waals surface area contributed by atoms with Gasteiger partial charge in [0.25, 0.3) is 0 Å². The number of ether oxygens (including phenoxy) is 2. The first-order valence-electron chi connectivity index (χ1n) is 14.2. The number of nitrogens with zero attached hydrogens (tertiary/aromatic N) is 3. The molecule has 0 saturated carbocycles. The van der Waals surface area contributed by atoms with Gasteiger partial charge in [0.2, 0.25) is 11.8 Å². The predicted octanol–water partition coefficient (Wildman–Crippen LogP) is 1.95. The van der Waals surface area contributed by atoms with E-state index in [1.165, 1.54) is 6.08 Å². The van der Waals surface area contributed by atoms with Gasteiger partial charge in [-0.2, -0.15) is 0 Å². The van der Waals surface area contributed by atoms with Gasteiger partial charge in [-0.3, -0.25) is 19.3 Å². The second kappa shape index (κ2) is 12.3. The standard InChI is InChI=1S/C29H45N3O6S/c1-6-10-31(12-11-30-13-16-37-17-14-30)26(35)24-29-9-8-28(5,39-29)23(27(36)38-15-7-2)22(29)25(34)32(24)21(19-33)18-20(3)4/h6-7,20-24,33H,1-2,8-19H2,3-5H3/t21-,22+,23+,24?,28-,29?/m1/s1. The lowest BCUT2D eigenvalue weighted by atomic mass is 9.66. The molecule has 4 aliphatic heterocycles. The molecule has 218 valence electrons. The maximum atomic E-state index is 14.6. The Morgan fingerprint density at radius 3 is 2.59 bits per heavy atom. The molecule has 2 bridgehead atoms. The number of aliphatic hydroxyl groups excluding tert-OH is 1. The van der Waals surface area contributed by atoms with Crippen molar-refractivity contribution in [3.8, 4) is 0 Å². The number of hydrogen-bond donors (Lipinski definition) is 1. The van der Waals surface area contributed by atoms with E-state index in [1.807, 2.05) is 20.8 Å². The largest absolute Gasteiger partial charge is 0.461 e. The van der Waals surface area contributed by atoms with Crippen LogP contribution in [0.2, 0.25) is 0 Å². The van der Waals surface area contributed by atoms with E-state index < -0.39 is 39.4 Å². The molecule has 0 radical (unpaired) electrons. The van der Waals surface area contributed by atoms with Crippen LogP contribution < -0.4 is 0 Å². The highest BCUT2D eigenvalue weighted by molar-refractivity contribution is 8.02. The third-order valence-electron chi connectivity index (χ3n) is 8.84. The Morgan fingerprint density at radius 2 is 1.97 bits per heavy atom. The number of fused-ring (bicyclic) bond motifs is 1. The van der Waals surface area contributed by atoms with E-state index in [0.717, 1.165) is 19.5 Å². The van der Waals surface area contributed by atoms with Crippen LogP contribution >= 0.6 is 11.8 Å². The Labute approximate surface area is 236 Å². The number of carbonyl (C=O) groups excluding carboxylic acids is 3. The number of esters is 1. The minimum atomic E-state index is -0.764. The summed E-state index contributed by atoms with van der Waals surface area (Å²) in [5, 5.41) is 10.5. The topological polar surface area (TPSA) is 99.6 Å². The summed E-state index contributed by atoms with van der Waals surface area (Å²) in [4.78, 5) is 48.0. The maximum Gasteiger partial charge on any atom is 0.311 e. The van der Waals surface area contributed by atoms with Gasteiger partial charge in [0, 0.05) is 37.5 Å². The molecule has 1 N–H and O–H groups in total. The highest BCUT2D eigenvalue weighted by atomic mass is 32.2. The summed E-state index contributed by atoms with van der Waals surface area (Å²) in [6, 6.07) is -1.27. The highest BCUT2D eigenvalue weighted by Gasteiger charge is 2.78. The second-order valence-electron chi connectivity index (χ2n) is 11.9. The Kier molecular flexibility index (Phi) is 9.51. The van der Waals surface area contributed by atoms with Crippen molar-refractivity contribution < 1.29 is 29.0 Å². The molecule has 4 saturated heterocycles. The van der Waals surface area contributed by atoms with E-state index in [0.29, 0.717) is 45.7 Å².